The summed E-state index contributed by atoms with van der Waals surface area (Å²) in [4.78, 5) is 22.0. The molecule has 0 unspecified atom stereocenters. The number of ether oxygens (including phenoxy) is 1. The number of anilines is 1. The lowest BCUT2D eigenvalue weighted by Crippen LogP contribution is -2.07. The molecule has 2 heterocycles. The van der Waals surface area contributed by atoms with Crippen LogP contribution >= 0.6 is 11.3 Å². The number of thiophene rings is 1. The molecule has 6 heteroatoms. The number of nitrogens with zero attached hydrogens (tertiary/aromatic N) is 2. The van der Waals surface area contributed by atoms with E-state index in [9.17, 15) is 4.79 Å². The highest BCUT2D eigenvalue weighted by atomic mass is 32.1. The maximum Gasteiger partial charge on any atom is 0.348 e. The Labute approximate surface area is 125 Å². The van der Waals surface area contributed by atoms with Crippen LogP contribution in [-0.2, 0) is 11.3 Å². The van der Waals surface area contributed by atoms with Crippen LogP contribution in [0.3, 0.4) is 0 Å². The summed E-state index contributed by atoms with van der Waals surface area (Å²) in [6, 6.07) is 11.1. The van der Waals surface area contributed by atoms with E-state index < -0.39 is 0 Å². The number of hydrogen-bond acceptors (Lipinski definition) is 6. The van der Waals surface area contributed by atoms with Crippen LogP contribution in [-0.4, -0.2) is 15.9 Å². The number of hydrogen-bond donors (Lipinski definition) is 1. The number of nitrogens with two attached hydrogens (primary N) is 1. The molecule has 0 bridgehead atoms. The van der Waals surface area contributed by atoms with Gasteiger partial charge in [0.2, 0.25) is 0 Å². The SMILES string of the molecule is Cc1ccc(C(=O)OCc2nc(N)c3ccccc3n2)s1. The van der Waals surface area contributed by atoms with E-state index in [2.05, 4.69) is 9.97 Å². The average molecular weight is 299 g/mol. The molecule has 0 radical (unpaired) electrons. The summed E-state index contributed by atoms with van der Waals surface area (Å²) in [7, 11) is 0. The second kappa shape index (κ2) is 5.49. The van der Waals surface area contributed by atoms with E-state index in [-0.39, 0.29) is 12.6 Å². The van der Waals surface area contributed by atoms with Crippen LogP contribution in [0.1, 0.15) is 20.4 Å². The van der Waals surface area contributed by atoms with Crippen LogP contribution < -0.4 is 5.73 Å². The highest BCUT2D eigenvalue weighted by molar-refractivity contribution is 7.13. The van der Waals surface area contributed by atoms with Crippen molar-refractivity contribution >= 4 is 34.0 Å². The summed E-state index contributed by atoms with van der Waals surface area (Å²) < 4.78 is 5.22. The number of esters is 1. The molecule has 2 aromatic heterocycles. The van der Waals surface area contributed by atoms with E-state index in [0.717, 1.165) is 15.8 Å². The monoisotopic (exact) mass is 299 g/mol. The van der Waals surface area contributed by atoms with Crippen molar-refractivity contribution in [2.75, 3.05) is 5.73 Å². The number of nitrogen functional groups attached to an aromatic ring is 1. The molecule has 2 N–H and O–H groups in total. The number of carbonyl (C=O) groups is 1. The molecule has 0 saturated heterocycles. The van der Waals surface area contributed by atoms with Gasteiger partial charge in [-0.3, -0.25) is 0 Å². The zero-order valence-electron chi connectivity index (χ0n) is 11.4. The van der Waals surface area contributed by atoms with Crippen molar-refractivity contribution in [2.45, 2.75) is 13.5 Å². The van der Waals surface area contributed by atoms with Gasteiger partial charge in [-0.05, 0) is 31.2 Å². The van der Waals surface area contributed by atoms with Gasteiger partial charge in [0.25, 0.3) is 0 Å². The normalized spacial score (nSPS) is 10.7. The van der Waals surface area contributed by atoms with Crippen LogP contribution in [0.25, 0.3) is 10.9 Å². The Morgan fingerprint density at radius 2 is 2.05 bits per heavy atom. The van der Waals surface area contributed by atoms with Gasteiger partial charge in [0, 0.05) is 10.3 Å². The fourth-order valence-electron chi connectivity index (χ4n) is 1.96. The minimum atomic E-state index is -0.372. The van der Waals surface area contributed by atoms with E-state index in [1.165, 1.54) is 11.3 Å². The van der Waals surface area contributed by atoms with E-state index in [1.807, 2.05) is 37.3 Å². The van der Waals surface area contributed by atoms with Crippen molar-refractivity contribution in [3.05, 3.63) is 52.0 Å². The lowest BCUT2D eigenvalue weighted by Gasteiger charge is -2.06. The lowest BCUT2D eigenvalue weighted by molar-refractivity contribution is 0.0468. The zero-order valence-corrected chi connectivity index (χ0v) is 12.2. The molecule has 3 aromatic rings. The second-order valence-corrected chi connectivity index (χ2v) is 5.82. The summed E-state index contributed by atoms with van der Waals surface area (Å²) >= 11 is 1.40. The van der Waals surface area contributed by atoms with Gasteiger partial charge in [0.15, 0.2) is 12.4 Å². The molecule has 0 aliphatic carbocycles. The van der Waals surface area contributed by atoms with Crippen molar-refractivity contribution in [3.8, 4) is 0 Å². The van der Waals surface area contributed by atoms with Gasteiger partial charge in [-0.15, -0.1) is 11.3 Å². The van der Waals surface area contributed by atoms with Crippen LogP contribution in [0, 0.1) is 6.92 Å². The molecule has 0 fully saturated rings. The third-order valence-electron chi connectivity index (χ3n) is 2.95. The molecule has 21 heavy (non-hydrogen) atoms. The van der Waals surface area contributed by atoms with Crippen molar-refractivity contribution in [3.63, 3.8) is 0 Å². The smallest absolute Gasteiger partial charge is 0.348 e. The first-order chi connectivity index (χ1) is 10.1. The number of aryl methyl sites for hydroxylation is 1. The molecule has 0 aliphatic rings. The molecule has 0 atom stereocenters. The second-order valence-electron chi connectivity index (χ2n) is 4.53. The Bertz CT molecular complexity index is 814. The fraction of sp³-hybridized carbons (Fsp3) is 0.133. The Kier molecular flexibility index (Phi) is 3.53. The topological polar surface area (TPSA) is 78.1 Å². The summed E-state index contributed by atoms with van der Waals surface area (Å²) in [5, 5.41) is 0.793. The van der Waals surface area contributed by atoms with Gasteiger partial charge >= 0.3 is 5.97 Å². The third kappa shape index (κ3) is 2.85. The fourth-order valence-corrected chi connectivity index (χ4v) is 2.72. The Morgan fingerprint density at radius 1 is 1.24 bits per heavy atom. The van der Waals surface area contributed by atoms with Crippen LogP contribution in [0.2, 0.25) is 0 Å². The summed E-state index contributed by atoms with van der Waals surface area (Å²) in [6.07, 6.45) is 0. The molecule has 1 aromatic carbocycles. The standard InChI is InChI=1S/C15H13N3O2S/c1-9-6-7-12(21-9)15(19)20-8-13-17-11-5-3-2-4-10(11)14(16)18-13/h2-7H,8H2,1H3,(H2,16,17,18). The van der Waals surface area contributed by atoms with Crippen molar-refractivity contribution in [1.82, 2.24) is 9.97 Å². The molecule has 0 spiro atoms. The number of benzene rings is 1. The third-order valence-corrected chi connectivity index (χ3v) is 3.93. The molecule has 0 saturated carbocycles. The first-order valence-electron chi connectivity index (χ1n) is 6.38. The predicted octanol–water partition coefficient (Wildman–Crippen LogP) is 2.94. The Balaban J connectivity index is 1.77. The quantitative estimate of drug-likeness (QED) is 0.752. The van der Waals surface area contributed by atoms with Crippen molar-refractivity contribution in [1.29, 1.82) is 0 Å². The van der Waals surface area contributed by atoms with Gasteiger partial charge in [0.1, 0.15) is 10.7 Å². The molecule has 5 nitrogen and oxygen atoms in total. The molecule has 106 valence electrons. The maximum atomic E-state index is 11.9. The van der Waals surface area contributed by atoms with Crippen molar-refractivity contribution in [2.24, 2.45) is 0 Å². The predicted molar refractivity (Wildman–Crippen MR) is 82.1 cm³/mol. The van der Waals surface area contributed by atoms with E-state index >= 15 is 0 Å². The van der Waals surface area contributed by atoms with Crippen LogP contribution in [0.15, 0.2) is 36.4 Å². The summed E-state index contributed by atoms with van der Waals surface area (Å²) in [6.45, 7) is 1.94. The minimum absolute atomic E-state index is 0.00478. The molecule has 0 aliphatic heterocycles. The van der Waals surface area contributed by atoms with Crippen LogP contribution in [0.5, 0.6) is 0 Å². The first kappa shape index (κ1) is 13.5. The lowest BCUT2D eigenvalue weighted by atomic mass is 10.2. The zero-order chi connectivity index (χ0) is 14.8. The number of fused-ring (bicyclic) bond motifs is 1. The Morgan fingerprint density at radius 3 is 2.81 bits per heavy atom. The largest absolute Gasteiger partial charge is 0.453 e. The molecular weight excluding hydrogens is 286 g/mol. The number of rotatable bonds is 3. The van der Waals surface area contributed by atoms with E-state index in [1.54, 1.807) is 6.07 Å². The van der Waals surface area contributed by atoms with E-state index in [4.69, 9.17) is 10.5 Å². The highest BCUT2D eigenvalue weighted by Crippen LogP contribution is 2.19. The minimum Gasteiger partial charge on any atom is -0.453 e. The van der Waals surface area contributed by atoms with Crippen molar-refractivity contribution < 1.29 is 9.53 Å². The molecule has 0 amide bonds. The maximum absolute atomic E-state index is 11.9. The van der Waals surface area contributed by atoms with Gasteiger partial charge in [-0.2, -0.15) is 0 Å². The summed E-state index contributed by atoms with van der Waals surface area (Å²) in [5.41, 5.74) is 6.63. The average Bonchev–Trinajstić information content (AvgIpc) is 2.91. The molecule has 3 rings (SSSR count). The number of para-hydroxylation sites is 1. The van der Waals surface area contributed by atoms with Gasteiger partial charge in [-0.1, -0.05) is 12.1 Å². The Hall–Kier alpha value is -2.47. The molecular formula is C15H13N3O2S. The number of aromatic nitrogens is 2. The van der Waals surface area contributed by atoms with E-state index in [0.29, 0.717) is 16.5 Å². The van der Waals surface area contributed by atoms with Crippen LogP contribution in [0.4, 0.5) is 5.82 Å². The first-order valence-corrected chi connectivity index (χ1v) is 7.20. The van der Waals surface area contributed by atoms with Gasteiger partial charge in [0.05, 0.1) is 5.52 Å². The van der Waals surface area contributed by atoms with Gasteiger partial charge < -0.3 is 10.5 Å². The summed E-state index contributed by atoms with van der Waals surface area (Å²) in [5.74, 6) is 0.412. The van der Waals surface area contributed by atoms with Gasteiger partial charge in [-0.25, -0.2) is 14.8 Å². The number of carbonyl (C=O) groups excluding carboxylic acids is 1. The highest BCUT2D eigenvalue weighted by Gasteiger charge is 2.11.